The third-order valence-electron chi connectivity index (χ3n) is 6.91. The summed E-state index contributed by atoms with van der Waals surface area (Å²) in [7, 11) is 0. The standard InChI is InChI=1S/C29H46N4O5/c1-8-20(4)33(27(36)23(17-24(30)34)32-28(37)38-29(5,6)7)25(22-15-14-18(2)16-19(22)3)26(35)31-21-12-10-9-11-13-21/h14-16,20-21,23,25H,8-13,17H2,1-7H3,(H2,30,34)(H,31,35)(H,32,37). The summed E-state index contributed by atoms with van der Waals surface area (Å²) in [6.45, 7) is 12.8. The van der Waals surface area contributed by atoms with Crippen LogP contribution in [0.25, 0.3) is 0 Å². The molecule has 0 saturated heterocycles. The summed E-state index contributed by atoms with van der Waals surface area (Å²) in [4.78, 5) is 54.2. The van der Waals surface area contributed by atoms with Crippen molar-refractivity contribution in [3.8, 4) is 0 Å². The highest BCUT2D eigenvalue weighted by atomic mass is 16.6. The number of benzene rings is 1. The van der Waals surface area contributed by atoms with Gasteiger partial charge in [-0.2, -0.15) is 0 Å². The van der Waals surface area contributed by atoms with Gasteiger partial charge in [-0.3, -0.25) is 14.4 Å². The second kappa shape index (κ2) is 13.6. The largest absolute Gasteiger partial charge is 0.444 e. The molecule has 4 N–H and O–H groups in total. The number of nitrogens with zero attached hydrogens (tertiary/aromatic N) is 1. The zero-order valence-corrected chi connectivity index (χ0v) is 24.1. The molecule has 0 heterocycles. The first kappa shape index (κ1) is 31.1. The molecular weight excluding hydrogens is 484 g/mol. The normalized spacial score (nSPS) is 16.6. The maximum atomic E-state index is 14.1. The molecule has 4 amide bonds. The van der Waals surface area contributed by atoms with Crippen LogP contribution in [0.5, 0.6) is 0 Å². The number of primary amides is 1. The Hall–Kier alpha value is -3.10. The smallest absolute Gasteiger partial charge is 0.408 e. The van der Waals surface area contributed by atoms with E-state index in [1.807, 2.05) is 45.9 Å². The fourth-order valence-electron chi connectivity index (χ4n) is 4.90. The minimum Gasteiger partial charge on any atom is -0.444 e. The van der Waals surface area contributed by atoms with Crippen molar-refractivity contribution in [2.75, 3.05) is 0 Å². The molecule has 9 nitrogen and oxygen atoms in total. The minimum absolute atomic E-state index is 0.0414. The molecule has 1 aliphatic rings. The molecule has 212 valence electrons. The number of hydrogen-bond acceptors (Lipinski definition) is 5. The quantitative estimate of drug-likeness (QED) is 0.417. The Balaban J connectivity index is 2.54. The van der Waals surface area contributed by atoms with Crippen molar-refractivity contribution in [2.45, 2.75) is 123 Å². The number of nitrogens with two attached hydrogens (primary N) is 1. The number of carbonyl (C=O) groups is 4. The monoisotopic (exact) mass is 530 g/mol. The summed E-state index contributed by atoms with van der Waals surface area (Å²) in [5, 5.41) is 5.72. The van der Waals surface area contributed by atoms with Gasteiger partial charge in [-0.15, -0.1) is 0 Å². The van der Waals surface area contributed by atoms with Crippen molar-refractivity contribution in [1.29, 1.82) is 0 Å². The number of amides is 4. The Morgan fingerprint density at radius 1 is 1.11 bits per heavy atom. The van der Waals surface area contributed by atoms with Crippen LogP contribution in [0.4, 0.5) is 4.79 Å². The van der Waals surface area contributed by atoms with Crippen molar-refractivity contribution < 1.29 is 23.9 Å². The van der Waals surface area contributed by atoms with Gasteiger partial charge in [0.05, 0.1) is 6.42 Å². The molecule has 0 aliphatic heterocycles. The van der Waals surface area contributed by atoms with Crippen LogP contribution >= 0.6 is 0 Å². The van der Waals surface area contributed by atoms with Crippen LogP contribution in [-0.4, -0.2) is 52.4 Å². The highest BCUT2D eigenvalue weighted by Crippen LogP contribution is 2.30. The Morgan fingerprint density at radius 2 is 1.74 bits per heavy atom. The Labute approximate surface area is 227 Å². The first-order valence-corrected chi connectivity index (χ1v) is 13.7. The Kier molecular flexibility index (Phi) is 11.2. The van der Waals surface area contributed by atoms with Gasteiger partial charge in [0, 0.05) is 12.1 Å². The molecule has 1 fully saturated rings. The topological polar surface area (TPSA) is 131 Å². The third-order valence-corrected chi connectivity index (χ3v) is 6.91. The van der Waals surface area contributed by atoms with E-state index < -0.39 is 42.0 Å². The molecule has 0 aromatic heterocycles. The summed E-state index contributed by atoms with van der Waals surface area (Å²) in [6, 6.07) is 3.21. The van der Waals surface area contributed by atoms with Crippen molar-refractivity contribution in [2.24, 2.45) is 5.73 Å². The lowest BCUT2D eigenvalue weighted by Crippen LogP contribution is -2.57. The van der Waals surface area contributed by atoms with Gasteiger partial charge in [-0.25, -0.2) is 4.79 Å². The van der Waals surface area contributed by atoms with Gasteiger partial charge in [0.2, 0.25) is 17.7 Å². The zero-order chi connectivity index (χ0) is 28.6. The summed E-state index contributed by atoms with van der Waals surface area (Å²) in [5.41, 5.74) is 7.29. The van der Waals surface area contributed by atoms with Crippen LogP contribution in [-0.2, 0) is 19.1 Å². The van der Waals surface area contributed by atoms with Crippen LogP contribution in [0.3, 0.4) is 0 Å². The molecule has 0 radical (unpaired) electrons. The fourth-order valence-corrected chi connectivity index (χ4v) is 4.90. The number of nitrogens with one attached hydrogen (secondary N) is 2. The second-order valence-corrected chi connectivity index (χ2v) is 11.5. The minimum atomic E-state index is -1.29. The lowest BCUT2D eigenvalue weighted by atomic mass is 9.92. The number of hydrogen-bond donors (Lipinski definition) is 3. The van der Waals surface area contributed by atoms with E-state index in [1.54, 1.807) is 20.8 Å². The summed E-state index contributed by atoms with van der Waals surface area (Å²) >= 11 is 0. The first-order valence-electron chi connectivity index (χ1n) is 13.7. The fraction of sp³-hybridized carbons (Fsp3) is 0.655. The van der Waals surface area contributed by atoms with Crippen molar-refractivity contribution >= 4 is 23.8 Å². The van der Waals surface area contributed by atoms with E-state index in [-0.39, 0.29) is 18.0 Å². The van der Waals surface area contributed by atoms with Gasteiger partial charge in [0.25, 0.3) is 0 Å². The van der Waals surface area contributed by atoms with E-state index in [2.05, 4.69) is 10.6 Å². The van der Waals surface area contributed by atoms with Crippen LogP contribution in [0.2, 0.25) is 0 Å². The molecule has 1 saturated carbocycles. The average Bonchev–Trinajstić information content (AvgIpc) is 2.81. The zero-order valence-electron chi connectivity index (χ0n) is 24.1. The van der Waals surface area contributed by atoms with Crippen LogP contribution in [0, 0.1) is 13.8 Å². The van der Waals surface area contributed by atoms with Gasteiger partial charge >= 0.3 is 6.09 Å². The maximum Gasteiger partial charge on any atom is 0.408 e. The molecule has 0 spiro atoms. The number of carbonyl (C=O) groups excluding carboxylic acids is 4. The van der Waals surface area contributed by atoms with Crippen molar-refractivity contribution in [3.05, 3.63) is 34.9 Å². The predicted octanol–water partition coefficient (Wildman–Crippen LogP) is 4.19. The number of aryl methyl sites for hydroxylation is 2. The van der Waals surface area contributed by atoms with E-state index >= 15 is 0 Å². The van der Waals surface area contributed by atoms with E-state index in [0.717, 1.165) is 43.2 Å². The maximum absolute atomic E-state index is 14.1. The number of ether oxygens (including phenoxy) is 1. The SMILES string of the molecule is CCC(C)N(C(=O)C(CC(N)=O)NC(=O)OC(C)(C)C)C(C(=O)NC1CCCCC1)c1ccc(C)cc1C. The van der Waals surface area contributed by atoms with Gasteiger partial charge in [0.1, 0.15) is 17.7 Å². The van der Waals surface area contributed by atoms with Gasteiger partial charge in [-0.05, 0) is 71.9 Å². The van der Waals surface area contributed by atoms with Gasteiger partial charge in [0.15, 0.2) is 0 Å². The highest BCUT2D eigenvalue weighted by molar-refractivity contribution is 5.95. The summed E-state index contributed by atoms with van der Waals surface area (Å²) < 4.78 is 5.34. The molecular formula is C29H46N4O5. The molecule has 2 rings (SSSR count). The Bertz CT molecular complexity index is 997. The van der Waals surface area contributed by atoms with Crippen LogP contribution in [0.1, 0.15) is 102 Å². The lowest BCUT2D eigenvalue weighted by Gasteiger charge is -2.39. The summed E-state index contributed by atoms with van der Waals surface area (Å²) in [5.74, 6) is -1.58. The van der Waals surface area contributed by atoms with E-state index in [1.165, 1.54) is 4.90 Å². The van der Waals surface area contributed by atoms with E-state index in [4.69, 9.17) is 10.5 Å². The van der Waals surface area contributed by atoms with Gasteiger partial charge in [-0.1, -0.05) is 49.9 Å². The van der Waals surface area contributed by atoms with Crippen LogP contribution in [0.15, 0.2) is 18.2 Å². The van der Waals surface area contributed by atoms with Gasteiger partial charge < -0.3 is 26.0 Å². The second-order valence-electron chi connectivity index (χ2n) is 11.5. The molecule has 1 aliphatic carbocycles. The average molecular weight is 531 g/mol. The molecule has 1 aromatic carbocycles. The van der Waals surface area contributed by atoms with E-state index in [9.17, 15) is 19.2 Å². The lowest BCUT2D eigenvalue weighted by molar-refractivity contribution is -0.146. The predicted molar refractivity (Wildman–Crippen MR) is 147 cm³/mol. The van der Waals surface area contributed by atoms with E-state index in [0.29, 0.717) is 12.0 Å². The van der Waals surface area contributed by atoms with Crippen molar-refractivity contribution in [3.63, 3.8) is 0 Å². The molecule has 1 aromatic rings. The molecule has 9 heteroatoms. The Morgan fingerprint density at radius 3 is 2.26 bits per heavy atom. The molecule has 0 bridgehead atoms. The highest BCUT2D eigenvalue weighted by Gasteiger charge is 2.40. The first-order chi connectivity index (χ1) is 17.7. The van der Waals surface area contributed by atoms with Crippen molar-refractivity contribution in [1.82, 2.24) is 15.5 Å². The van der Waals surface area contributed by atoms with Crippen LogP contribution < -0.4 is 16.4 Å². The number of rotatable bonds is 10. The molecule has 3 atom stereocenters. The molecule has 38 heavy (non-hydrogen) atoms. The summed E-state index contributed by atoms with van der Waals surface area (Å²) in [6.07, 6.45) is 4.34. The third kappa shape index (κ3) is 9.03. The molecule has 3 unspecified atom stereocenters. The number of alkyl carbamates (subject to hydrolysis) is 1.